The molecule has 3 heteroatoms. The topological polar surface area (TPSA) is 34.1 Å². The summed E-state index contributed by atoms with van der Waals surface area (Å²) >= 11 is 0. The second-order valence-electron chi connectivity index (χ2n) is 5.75. The van der Waals surface area contributed by atoms with Gasteiger partial charge in [-0.15, -0.1) is 0 Å². The monoisotopic (exact) mass is 300 g/mol. The van der Waals surface area contributed by atoms with Crippen LogP contribution < -0.4 is 5.30 Å². The number of benzene rings is 2. The molecule has 0 spiro atoms. The smallest absolute Gasteiger partial charge is 0.223 e. The van der Waals surface area contributed by atoms with Crippen LogP contribution in [0.4, 0.5) is 0 Å². The molecule has 1 atom stereocenters. The van der Waals surface area contributed by atoms with Gasteiger partial charge in [-0.25, -0.2) is 0 Å². The third-order valence-corrected chi connectivity index (χ3v) is 5.45. The molecule has 0 aliphatic rings. The van der Waals surface area contributed by atoms with Gasteiger partial charge in [0.25, 0.3) is 0 Å². The first-order chi connectivity index (χ1) is 9.81. The van der Waals surface area contributed by atoms with Gasteiger partial charge in [-0.1, -0.05) is 41.5 Å². The summed E-state index contributed by atoms with van der Waals surface area (Å²) in [7, 11) is -2.49. The highest BCUT2D eigenvalue weighted by Gasteiger charge is 2.21. The Kier molecular flexibility index (Phi) is 4.49. The molecule has 0 bridgehead atoms. The molecule has 0 radical (unpaired) electrons. The number of hydrogen-bond donors (Lipinski definition) is 0. The maximum Gasteiger partial charge on any atom is 0.223 e. The van der Waals surface area contributed by atoms with Crippen molar-refractivity contribution in [3.63, 3.8) is 0 Å². The minimum absolute atomic E-state index is 0.234. The summed E-state index contributed by atoms with van der Waals surface area (Å²) in [6.07, 6.45) is 0. The first-order valence-electron chi connectivity index (χ1n) is 7.05. The van der Waals surface area contributed by atoms with E-state index in [1.807, 2.05) is 65.0 Å². The molecule has 0 amide bonds. The van der Waals surface area contributed by atoms with Gasteiger partial charge in [0.1, 0.15) is 0 Å². The Morgan fingerprint density at radius 1 is 0.810 bits per heavy atom. The Hall–Kier alpha value is -1.66. The van der Waals surface area contributed by atoms with Crippen LogP contribution in [0, 0.1) is 34.6 Å². The summed E-state index contributed by atoms with van der Waals surface area (Å²) in [5.41, 5.74) is 5.34. The minimum atomic E-state index is -2.49. The van der Waals surface area contributed by atoms with E-state index < -0.39 is 7.80 Å². The van der Waals surface area contributed by atoms with Gasteiger partial charge < -0.3 is 4.57 Å². The SMILES string of the molecule is Cc1ccc([PH](=O)C(=O)c2c(C)cc(C)cc2C)c(C)c1. The second kappa shape index (κ2) is 5.99. The molecule has 21 heavy (non-hydrogen) atoms. The molecule has 0 aliphatic carbocycles. The van der Waals surface area contributed by atoms with Crippen LogP contribution in [0.5, 0.6) is 0 Å². The van der Waals surface area contributed by atoms with Crippen molar-refractivity contribution >= 4 is 18.6 Å². The molecule has 1 unspecified atom stereocenters. The molecule has 0 aromatic heterocycles. The van der Waals surface area contributed by atoms with Crippen LogP contribution in [0.25, 0.3) is 0 Å². The van der Waals surface area contributed by atoms with Crippen LogP contribution in [-0.4, -0.2) is 5.52 Å². The number of hydrogen-bond acceptors (Lipinski definition) is 2. The van der Waals surface area contributed by atoms with Crippen molar-refractivity contribution in [2.45, 2.75) is 34.6 Å². The molecule has 0 heterocycles. The lowest BCUT2D eigenvalue weighted by atomic mass is 10.0. The molecule has 0 saturated heterocycles. The average Bonchev–Trinajstić information content (AvgIpc) is 2.36. The predicted molar refractivity (Wildman–Crippen MR) is 89.5 cm³/mol. The van der Waals surface area contributed by atoms with Crippen LogP contribution in [0.2, 0.25) is 0 Å². The molecule has 2 aromatic carbocycles. The minimum Gasteiger partial charge on any atom is -0.313 e. The molecule has 0 fully saturated rings. The molecule has 0 N–H and O–H groups in total. The van der Waals surface area contributed by atoms with Crippen LogP contribution >= 0.6 is 7.80 Å². The van der Waals surface area contributed by atoms with Crippen LogP contribution in [0.15, 0.2) is 30.3 Å². The van der Waals surface area contributed by atoms with E-state index in [1.54, 1.807) is 0 Å². The lowest BCUT2D eigenvalue weighted by Gasteiger charge is -2.12. The van der Waals surface area contributed by atoms with Gasteiger partial charge >= 0.3 is 0 Å². The van der Waals surface area contributed by atoms with Crippen molar-refractivity contribution in [1.29, 1.82) is 0 Å². The zero-order valence-corrected chi connectivity index (χ0v) is 14.2. The third-order valence-electron chi connectivity index (χ3n) is 3.74. The first kappa shape index (κ1) is 15.7. The van der Waals surface area contributed by atoms with E-state index >= 15 is 0 Å². The molecular weight excluding hydrogens is 279 g/mol. The van der Waals surface area contributed by atoms with Gasteiger partial charge in [-0.3, -0.25) is 4.79 Å². The summed E-state index contributed by atoms with van der Waals surface area (Å²) < 4.78 is 12.7. The molecule has 0 aliphatic heterocycles. The standard InChI is InChI=1S/C18H21O2P/c1-11-6-7-16(13(3)8-11)21(20)18(19)17-14(4)9-12(2)10-15(17)5/h6-10,21H,1-5H3. The van der Waals surface area contributed by atoms with Gasteiger partial charge in [-0.05, 0) is 51.3 Å². The van der Waals surface area contributed by atoms with Gasteiger partial charge in [-0.2, -0.15) is 0 Å². The van der Waals surface area contributed by atoms with Crippen LogP contribution in [0.1, 0.15) is 38.2 Å². The van der Waals surface area contributed by atoms with Crippen molar-refractivity contribution in [3.05, 3.63) is 63.7 Å². The fraction of sp³-hybridized carbons (Fsp3) is 0.278. The Balaban J connectivity index is 2.47. The highest BCUT2D eigenvalue weighted by atomic mass is 31.1. The average molecular weight is 300 g/mol. The molecule has 110 valence electrons. The zero-order chi connectivity index (χ0) is 15.7. The molecule has 2 aromatic rings. The molecular formula is C18H21O2P. The lowest BCUT2D eigenvalue weighted by molar-refractivity contribution is 0.107. The van der Waals surface area contributed by atoms with Crippen molar-refractivity contribution in [2.75, 3.05) is 0 Å². The molecule has 0 saturated carbocycles. The quantitative estimate of drug-likeness (QED) is 0.794. The van der Waals surface area contributed by atoms with Gasteiger partial charge in [0, 0.05) is 10.9 Å². The largest absolute Gasteiger partial charge is 0.313 e. The van der Waals surface area contributed by atoms with Crippen LogP contribution in [-0.2, 0) is 4.57 Å². The van der Waals surface area contributed by atoms with E-state index in [2.05, 4.69) is 0 Å². The summed E-state index contributed by atoms with van der Waals surface area (Å²) in [5.74, 6) is 0. The Labute approximate surface area is 127 Å². The van der Waals surface area contributed by atoms with Crippen molar-refractivity contribution in [2.24, 2.45) is 0 Å². The van der Waals surface area contributed by atoms with Gasteiger partial charge in [0.15, 0.2) is 7.80 Å². The van der Waals surface area contributed by atoms with E-state index in [-0.39, 0.29) is 5.52 Å². The fourth-order valence-electron chi connectivity index (χ4n) is 2.84. The highest BCUT2D eigenvalue weighted by Crippen LogP contribution is 2.31. The van der Waals surface area contributed by atoms with E-state index in [4.69, 9.17) is 0 Å². The Morgan fingerprint density at radius 3 is 1.86 bits per heavy atom. The summed E-state index contributed by atoms with van der Waals surface area (Å²) in [6, 6.07) is 9.64. The predicted octanol–water partition coefficient (Wildman–Crippen LogP) is 4.25. The highest BCUT2D eigenvalue weighted by molar-refractivity contribution is 7.71. The normalized spacial score (nSPS) is 12.2. The van der Waals surface area contributed by atoms with E-state index in [0.717, 1.165) is 27.8 Å². The Bertz CT molecular complexity index is 722. The van der Waals surface area contributed by atoms with Crippen LogP contribution in [0.3, 0.4) is 0 Å². The van der Waals surface area contributed by atoms with Crippen molar-refractivity contribution in [3.8, 4) is 0 Å². The lowest BCUT2D eigenvalue weighted by Crippen LogP contribution is -2.10. The fourth-order valence-corrected chi connectivity index (χ4v) is 4.37. The maximum atomic E-state index is 12.7. The first-order valence-corrected chi connectivity index (χ1v) is 8.46. The maximum absolute atomic E-state index is 12.7. The van der Waals surface area contributed by atoms with E-state index in [1.165, 1.54) is 0 Å². The summed E-state index contributed by atoms with van der Waals surface area (Å²) in [6.45, 7) is 9.72. The summed E-state index contributed by atoms with van der Waals surface area (Å²) in [4.78, 5) is 12.7. The zero-order valence-electron chi connectivity index (χ0n) is 13.2. The van der Waals surface area contributed by atoms with E-state index in [9.17, 15) is 9.36 Å². The van der Waals surface area contributed by atoms with Gasteiger partial charge in [0.2, 0.25) is 5.52 Å². The number of rotatable bonds is 3. The number of carbonyl (C=O) groups is 1. The van der Waals surface area contributed by atoms with Gasteiger partial charge in [0.05, 0.1) is 0 Å². The molecule has 2 nitrogen and oxygen atoms in total. The van der Waals surface area contributed by atoms with Crippen molar-refractivity contribution < 1.29 is 9.36 Å². The molecule has 2 rings (SSSR count). The van der Waals surface area contributed by atoms with Crippen molar-refractivity contribution in [1.82, 2.24) is 0 Å². The number of carbonyl (C=O) groups excluding carboxylic acids is 1. The second-order valence-corrected chi connectivity index (χ2v) is 7.40. The van der Waals surface area contributed by atoms with E-state index in [0.29, 0.717) is 10.9 Å². The number of aryl methyl sites for hydroxylation is 5. The third kappa shape index (κ3) is 3.16. The Morgan fingerprint density at radius 2 is 1.33 bits per heavy atom. The summed E-state index contributed by atoms with van der Waals surface area (Å²) in [5, 5.41) is 0.676.